The van der Waals surface area contributed by atoms with Crippen LogP contribution in [0.4, 0.5) is 0 Å². The van der Waals surface area contributed by atoms with Gasteiger partial charge in [0, 0.05) is 18.6 Å². The lowest BCUT2D eigenvalue weighted by Crippen LogP contribution is -1.81. The molecule has 0 N–H and O–H groups in total. The summed E-state index contributed by atoms with van der Waals surface area (Å²) in [7, 11) is 0. The second kappa shape index (κ2) is 3.68. The molecule has 0 amide bonds. The summed E-state index contributed by atoms with van der Waals surface area (Å²) in [6, 6.07) is 12.9. The van der Waals surface area contributed by atoms with Crippen molar-refractivity contribution in [2.75, 3.05) is 0 Å². The van der Waals surface area contributed by atoms with Crippen LogP contribution in [0.1, 0.15) is 5.89 Å². The Hall–Kier alpha value is -2.62. The third kappa shape index (κ3) is 1.53. The minimum Gasteiger partial charge on any atom is -0.443 e. The first-order valence-electron chi connectivity index (χ1n) is 5.93. The number of benzene rings is 2. The van der Waals surface area contributed by atoms with Gasteiger partial charge in [-0.15, -0.1) is 0 Å². The maximum Gasteiger partial charge on any atom is 0.192 e. The number of hydrogen-bond donors (Lipinski definition) is 0. The molecule has 1 radical (unpaired) electrons. The average molecular weight is 249 g/mol. The highest BCUT2D eigenvalue weighted by molar-refractivity contribution is 5.92. The summed E-state index contributed by atoms with van der Waals surface area (Å²) in [6.07, 6.45) is 1.45. The molecular formula is C15H9N2O2. The summed E-state index contributed by atoms with van der Waals surface area (Å²) >= 11 is 0. The Morgan fingerprint density at radius 2 is 2.05 bits per heavy atom. The van der Waals surface area contributed by atoms with E-state index in [0.29, 0.717) is 5.89 Å². The van der Waals surface area contributed by atoms with Crippen LogP contribution in [0.3, 0.4) is 0 Å². The third-order valence-corrected chi connectivity index (χ3v) is 3.07. The Bertz CT molecular complexity index is 889. The SMILES string of the molecule is Cc1nc2[c]c(-c3cccc4ocnc34)ccc2o1. The fourth-order valence-electron chi connectivity index (χ4n) is 2.23. The maximum atomic E-state index is 5.45. The Kier molecular flexibility index (Phi) is 2.00. The molecule has 0 aliphatic heterocycles. The fourth-order valence-corrected chi connectivity index (χ4v) is 2.23. The van der Waals surface area contributed by atoms with Crippen LogP contribution in [0.25, 0.3) is 33.3 Å². The van der Waals surface area contributed by atoms with Crippen molar-refractivity contribution in [2.45, 2.75) is 6.92 Å². The fraction of sp³-hybridized carbons (Fsp3) is 0.0667. The number of aryl methyl sites for hydroxylation is 1. The monoisotopic (exact) mass is 249 g/mol. The summed E-state index contributed by atoms with van der Waals surface area (Å²) in [4.78, 5) is 8.55. The summed E-state index contributed by atoms with van der Waals surface area (Å²) in [5, 5.41) is 0. The Morgan fingerprint density at radius 1 is 1.11 bits per heavy atom. The molecule has 4 nitrogen and oxygen atoms in total. The van der Waals surface area contributed by atoms with Crippen molar-refractivity contribution in [1.29, 1.82) is 0 Å². The van der Waals surface area contributed by atoms with E-state index < -0.39 is 0 Å². The smallest absolute Gasteiger partial charge is 0.192 e. The molecule has 0 saturated heterocycles. The van der Waals surface area contributed by atoms with Crippen molar-refractivity contribution in [3.63, 3.8) is 0 Å². The van der Waals surface area contributed by atoms with E-state index in [-0.39, 0.29) is 0 Å². The van der Waals surface area contributed by atoms with Crippen molar-refractivity contribution in [2.24, 2.45) is 0 Å². The van der Waals surface area contributed by atoms with E-state index in [9.17, 15) is 0 Å². The topological polar surface area (TPSA) is 52.1 Å². The first kappa shape index (κ1) is 10.3. The first-order chi connectivity index (χ1) is 9.31. The molecule has 0 aliphatic rings. The molecule has 2 aromatic heterocycles. The summed E-state index contributed by atoms with van der Waals surface area (Å²) in [5.74, 6) is 0.642. The van der Waals surface area contributed by atoms with Crippen molar-refractivity contribution in [1.82, 2.24) is 9.97 Å². The quantitative estimate of drug-likeness (QED) is 0.515. The van der Waals surface area contributed by atoms with Crippen molar-refractivity contribution >= 4 is 22.2 Å². The molecule has 0 saturated carbocycles. The van der Waals surface area contributed by atoms with Gasteiger partial charge in [0.1, 0.15) is 11.0 Å². The van der Waals surface area contributed by atoms with Gasteiger partial charge in [0.25, 0.3) is 0 Å². The van der Waals surface area contributed by atoms with Gasteiger partial charge in [-0.3, -0.25) is 0 Å². The van der Waals surface area contributed by atoms with Crippen LogP contribution < -0.4 is 0 Å². The first-order valence-corrected chi connectivity index (χ1v) is 5.93. The van der Waals surface area contributed by atoms with E-state index in [1.54, 1.807) is 0 Å². The van der Waals surface area contributed by atoms with Crippen LogP contribution in [-0.4, -0.2) is 9.97 Å². The molecule has 0 bridgehead atoms. The van der Waals surface area contributed by atoms with E-state index >= 15 is 0 Å². The molecule has 0 unspecified atom stereocenters. The van der Waals surface area contributed by atoms with Gasteiger partial charge in [-0.2, -0.15) is 0 Å². The summed E-state index contributed by atoms with van der Waals surface area (Å²) in [5.41, 5.74) is 4.99. The molecule has 0 aliphatic carbocycles. The zero-order chi connectivity index (χ0) is 12.8. The standard InChI is InChI=1S/C15H9N2O2/c1-9-17-12-7-10(5-6-13(12)19-9)11-3-2-4-14-15(11)16-8-18-14/h2-6,8H,1H3. The average Bonchev–Trinajstić information content (AvgIpc) is 3.01. The van der Waals surface area contributed by atoms with Crippen LogP contribution in [0.15, 0.2) is 45.6 Å². The van der Waals surface area contributed by atoms with E-state index in [1.807, 2.05) is 37.3 Å². The van der Waals surface area contributed by atoms with Gasteiger partial charge in [-0.25, -0.2) is 9.97 Å². The van der Waals surface area contributed by atoms with E-state index in [2.05, 4.69) is 16.0 Å². The van der Waals surface area contributed by atoms with Crippen LogP contribution >= 0.6 is 0 Å². The number of hydrogen-bond acceptors (Lipinski definition) is 4. The van der Waals surface area contributed by atoms with E-state index in [0.717, 1.165) is 33.3 Å². The van der Waals surface area contributed by atoms with Gasteiger partial charge >= 0.3 is 0 Å². The predicted octanol–water partition coefficient (Wildman–Crippen LogP) is 3.74. The molecule has 91 valence electrons. The van der Waals surface area contributed by atoms with Gasteiger partial charge in [0.15, 0.2) is 23.5 Å². The predicted molar refractivity (Wildman–Crippen MR) is 70.6 cm³/mol. The molecule has 2 heterocycles. The van der Waals surface area contributed by atoms with Gasteiger partial charge < -0.3 is 8.83 Å². The molecule has 2 aromatic carbocycles. The largest absolute Gasteiger partial charge is 0.443 e. The number of aromatic nitrogens is 2. The molecule has 0 atom stereocenters. The minimum absolute atomic E-state index is 0.642. The second-order valence-corrected chi connectivity index (χ2v) is 4.32. The second-order valence-electron chi connectivity index (χ2n) is 4.32. The third-order valence-electron chi connectivity index (χ3n) is 3.07. The van der Waals surface area contributed by atoms with Gasteiger partial charge in [-0.1, -0.05) is 12.1 Å². The maximum absolute atomic E-state index is 5.45. The number of oxazole rings is 2. The van der Waals surface area contributed by atoms with E-state index in [1.165, 1.54) is 6.39 Å². The lowest BCUT2D eigenvalue weighted by Gasteiger charge is -2.00. The highest BCUT2D eigenvalue weighted by Crippen LogP contribution is 2.29. The van der Waals surface area contributed by atoms with Crippen molar-refractivity contribution < 1.29 is 8.83 Å². The van der Waals surface area contributed by atoms with Gasteiger partial charge in [0.2, 0.25) is 0 Å². The Labute approximate surface area is 108 Å². The van der Waals surface area contributed by atoms with Gasteiger partial charge in [-0.05, 0) is 23.8 Å². The Morgan fingerprint density at radius 3 is 3.00 bits per heavy atom. The van der Waals surface area contributed by atoms with Crippen LogP contribution in [0, 0.1) is 13.0 Å². The molecule has 0 spiro atoms. The van der Waals surface area contributed by atoms with E-state index in [4.69, 9.17) is 8.83 Å². The number of rotatable bonds is 1. The van der Waals surface area contributed by atoms with Crippen LogP contribution in [-0.2, 0) is 0 Å². The summed E-state index contributed by atoms with van der Waals surface area (Å²) < 4.78 is 10.8. The number of para-hydroxylation sites is 1. The number of nitrogens with zero attached hydrogens (tertiary/aromatic N) is 2. The molecular weight excluding hydrogens is 240 g/mol. The highest BCUT2D eigenvalue weighted by Gasteiger charge is 2.10. The van der Waals surface area contributed by atoms with Crippen LogP contribution in [0.2, 0.25) is 0 Å². The lowest BCUT2D eigenvalue weighted by molar-refractivity contribution is 0.561. The normalized spacial score (nSPS) is 11.4. The molecule has 19 heavy (non-hydrogen) atoms. The minimum atomic E-state index is 0.642. The zero-order valence-electron chi connectivity index (χ0n) is 10.2. The molecule has 0 fully saturated rings. The lowest BCUT2D eigenvalue weighted by atomic mass is 10.0. The van der Waals surface area contributed by atoms with Crippen molar-refractivity contribution in [3.05, 3.63) is 48.7 Å². The highest BCUT2D eigenvalue weighted by atomic mass is 16.3. The molecule has 4 aromatic rings. The zero-order valence-corrected chi connectivity index (χ0v) is 10.2. The Balaban J connectivity index is 2.00. The molecule has 4 heteroatoms. The number of fused-ring (bicyclic) bond motifs is 2. The van der Waals surface area contributed by atoms with Gasteiger partial charge in [0.05, 0.1) is 0 Å². The van der Waals surface area contributed by atoms with Crippen LogP contribution in [0.5, 0.6) is 0 Å². The van der Waals surface area contributed by atoms with Crippen molar-refractivity contribution in [3.8, 4) is 11.1 Å². The summed E-state index contributed by atoms with van der Waals surface area (Å²) in [6.45, 7) is 1.83. The molecule has 4 rings (SSSR count).